The van der Waals surface area contributed by atoms with Crippen molar-refractivity contribution in [2.24, 2.45) is 12.1 Å². The van der Waals surface area contributed by atoms with Crippen LogP contribution in [0.25, 0.3) is 11.2 Å². The van der Waals surface area contributed by atoms with Crippen LogP contribution in [0.2, 0.25) is 0 Å². The predicted octanol–water partition coefficient (Wildman–Crippen LogP) is 2.75. The number of aromatic nitrogens is 4. The first-order valence-corrected chi connectivity index (χ1v) is 10.2. The van der Waals surface area contributed by atoms with Gasteiger partial charge in [0.1, 0.15) is 0 Å². The van der Waals surface area contributed by atoms with Crippen molar-refractivity contribution in [2.75, 3.05) is 5.43 Å². The monoisotopic (exact) mass is 427 g/mol. The van der Waals surface area contributed by atoms with E-state index >= 15 is 0 Å². The topological polar surface area (TPSA) is 140 Å². The number of aromatic amines is 1. The molecule has 2 N–H and O–H groups in total. The van der Waals surface area contributed by atoms with Crippen LogP contribution in [0.4, 0.5) is 11.6 Å². The van der Waals surface area contributed by atoms with E-state index in [9.17, 15) is 19.7 Å². The molecule has 0 aliphatic carbocycles. The van der Waals surface area contributed by atoms with Crippen molar-refractivity contribution in [1.82, 2.24) is 19.1 Å². The van der Waals surface area contributed by atoms with Crippen molar-refractivity contribution in [3.63, 3.8) is 0 Å². The standard InChI is InChI=1S/C20H25N7O4/c1-3-4-5-6-7-11-26-16-17(25(2)20(29)23-18(16)28)22-19(26)24-21-13-14-9-8-10-15(12-14)27(30)31/h8-10,12-13H,3-7,11H2,1-2H3,(H,22,24)(H,23,28,29). The fourth-order valence-corrected chi connectivity index (χ4v) is 3.29. The predicted molar refractivity (Wildman–Crippen MR) is 119 cm³/mol. The molecule has 0 fully saturated rings. The number of aryl methyl sites for hydroxylation is 2. The number of hydrogen-bond donors (Lipinski definition) is 2. The molecule has 0 aliphatic heterocycles. The number of benzene rings is 1. The van der Waals surface area contributed by atoms with E-state index in [2.05, 4.69) is 27.4 Å². The molecular weight excluding hydrogens is 402 g/mol. The van der Waals surface area contributed by atoms with Crippen LogP contribution in [0.3, 0.4) is 0 Å². The third kappa shape index (κ3) is 5.05. The second kappa shape index (κ2) is 9.83. The number of anilines is 1. The summed E-state index contributed by atoms with van der Waals surface area (Å²) in [5.41, 5.74) is 2.82. The maximum Gasteiger partial charge on any atom is 0.329 e. The molecule has 31 heavy (non-hydrogen) atoms. The molecule has 0 saturated carbocycles. The Morgan fingerprint density at radius 1 is 1.26 bits per heavy atom. The van der Waals surface area contributed by atoms with E-state index < -0.39 is 16.2 Å². The number of rotatable bonds is 10. The average Bonchev–Trinajstić information content (AvgIpc) is 3.11. The summed E-state index contributed by atoms with van der Waals surface area (Å²) in [6.45, 7) is 2.68. The SMILES string of the molecule is CCCCCCCn1c(NN=Cc2cccc([N+](=O)[O-])c2)nc2c1c(=O)[nH]c(=O)n2C. The quantitative estimate of drug-likeness (QED) is 0.221. The van der Waals surface area contributed by atoms with Crippen LogP contribution in [-0.4, -0.2) is 30.2 Å². The number of unbranched alkanes of at least 4 members (excludes halogenated alkanes) is 4. The van der Waals surface area contributed by atoms with Gasteiger partial charge in [0, 0.05) is 31.3 Å². The summed E-state index contributed by atoms with van der Waals surface area (Å²) in [5.74, 6) is 0.318. The van der Waals surface area contributed by atoms with Crippen LogP contribution in [0, 0.1) is 10.1 Å². The van der Waals surface area contributed by atoms with Crippen LogP contribution >= 0.6 is 0 Å². The number of hydrazone groups is 1. The number of hydrogen-bond acceptors (Lipinski definition) is 7. The number of nitrogens with one attached hydrogen (secondary N) is 2. The second-order valence-corrected chi connectivity index (χ2v) is 7.21. The highest BCUT2D eigenvalue weighted by Crippen LogP contribution is 2.17. The first-order valence-electron chi connectivity index (χ1n) is 10.2. The lowest BCUT2D eigenvalue weighted by molar-refractivity contribution is -0.384. The summed E-state index contributed by atoms with van der Waals surface area (Å²) in [7, 11) is 1.54. The lowest BCUT2D eigenvalue weighted by atomic mass is 10.1. The highest BCUT2D eigenvalue weighted by Gasteiger charge is 2.17. The van der Waals surface area contributed by atoms with Gasteiger partial charge in [-0.15, -0.1) is 0 Å². The van der Waals surface area contributed by atoms with Crippen LogP contribution in [-0.2, 0) is 13.6 Å². The maximum atomic E-state index is 12.5. The van der Waals surface area contributed by atoms with Crippen molar-refractivity contribution < 1.29 is 4.92 Å². The molecule has 1 aromatic carbocycles. The Hall–Kier alpha value is -3.76. The lowest BCUT2D eigenvalue weighted by Gasteiger charge is -2.08. The van der Waals surface area contributed by atoms with E-state index in [0.29, 0.717) is 23.6 Å². The van der Waals surface area contributed by atoms with E-state index in [4.69, 9.17) is 0 Å². The number of fused-ring (bicyclic) bond motifs is 1. The normalized spacial score (nSPS) is 11.4. The average molecular weight is 427 g/mol. The molecule has 3 aromatic rings. The number of imidazole rings is 1. The highest BCUT2D eigenvalue weighted by molar-refractivity contribution is 5.81. The molecule has 11 nitrogen and oxygen atoms in total. The van der Waals surface area contributed by atoms with Crippen molar-refractivity contribution in [3.8, 4) is 0 Å². The highest BCUT2D eigenvalue weighted by atomic mass is 16.6. The van der Waals surface area contributed by atoms with Gasteiger partial charge in [-0.05, 0) is 6.42 Å². The van der Waals surface area contributed by atoms with Gasteiger partial charge in [0.25, 0.3) is 11.2 Å². The Bertz CT molecular complexity index is 1220. The molecule has 0 atom stereocenters. The minimum Gasteiger partial charge on any atom is -0.303 e. The molecule has 2 heterocycles. The smallest absolute Gasteiger partial charge is 0.303 e. The molecule has 0 radical (unpaired) electrons. The van der Waals surface area contributed by atoms with E-state index in [1.54, 1.807) is 16.7 Å². The summed E-state index contributed by atoms with van der Waals surface area (Å²) in [6, 6.07) is 6.05. The zero-order valence-corrected chi connectivity index (χ0v) is 17.5. The van der Waals surface area contributed by atoms with E-state index in [1.807, 2.05) is 0 Å². The fourth-order valence-electron chi connectivity index (χ4n) is 3.29. The largest absolute Gasteiger partial charge is 0.329 e. The summed E-state index contributed by atoms with van der Waals surface area (Å²) in [4.78, 5) is 41.6. The second-order valence-electron chi connectivity index (χ2n) is 7.21. The molecule has 11 heteroatoms. The molecule has 3 rings (SSSR count). The minimum absolute atomic E-state index is 0.0372. The van der Waals surface area contributed by atoms with Crippen molar-refractivity contribution in [2.45, 2.75) is 45.6 Å². The molecule has 0 spiro atoms. The molecule has 0 unspecified atom stereocenters. The van der Waals surface area contributed by atoms with E-state index in [-0.39, 0.29) is 11.3 Å². The molecule has 0 saturated heterocycles. The van der Waals surface area contributed by atoms with Gasteiger partial charge in [-0.3, -0.25) is 24.5 Å². The summed E-state index contributed by atoms with van der Waals surface area (Å²) < 4.78 is 2.99. The van der Waals surface area contributed by atoms with Crippen molar-refractivity contribution in [1.29, 1.82) is 0 Å². The minimum atomic E-state index is -0.545. The van der Waals surface area contributed by atoms with Gasteiger partial charge < -0.3 is 4.57 Å². The van der Waals surface area contributed by atoms with Gasteiger partial charge in [0.05, 0.1) is 11.1 Å². The lowest BCUT2D eigenvalue weighted by Crippen LogP contribution is -2.29. The number of nitro groups is 1. The van der Waals surface area contributed by atoms with Crippen molar-refractivity contribution >= 4 is 29.0 Å². The molecule has 0 aliphatic rings. The summed E-state index contributed by atoms with van der Waals surface area (Å²) in [5, 5.41) is 15.0. The van der Waals surface area contributed by atoms with Gasteiger partial charge in [0.2, 0.25) is 5.95 Å². The molecule has 0 bridgehead atoms. The van der Waals surface area contributed by atoms with Gasteiger partial charge in [-0.2, -0.15) is 10.1 Å². The van der Waals surface area contributed by atoms with Crippen LogP contribution < -0.4 is 16.7 Å². The van der Waals surface area contributed by atoms with E-state index in [1.165, 1.54) is 30.0 Å². The number of H-pyrrole nitrogens is 1. The first-order chi connectivity index (χ1) is 14.9. The Kier molecular flexibility index (Phi) is 6.96. The molecular formula is C20H25N7O4. The Balaban J connectivity index is 1.90. The number of nitrogens with zero attached hydrogens (tertiary/aromatic N) is 5. The Morgan fingerprint density at radius 2 is 2.03 bits per heavy atom. The van der Waals surface area contributed by atoms with Gasteiger partial charge >= 0.3 is 5.69 Å². The summed E-state index contributed by atoms with van der Waals surface area (Å²) in [6.07, 6.45) is 6.67. The Labute approximate surface area is 177 Å². The third-order valence-electron chi connectivity index (χ3n) is 4.95. The van der Waals surface area contributed by atoms with Crippen LogP contribution in [0.5, 0.6) is 0 Å². The number of nitro benzene ring substituents is 1. The zero-order valence-electron chi connectivity index (χ0n) is 17.5. The van der Waals surface area contributed by atoms with Gasteiger partial charge in [-0.25, -0.2) is 10.2 Å². The fraction of sp³-hybridized carbons (Fsp3) is 0.400. The van der Waals surface area contributed by atoms with Crippen LogP contribution in [0.15, 0.2) is 39.0 Å². The number of non-ortho nitro benzene ring substituents is 1. The van der Waals surface area contributed by atoms with E-state index in [0.717, 1.165) is 32.1 Å². The molecule has 2 aromatic heterocycles. The first kappa shape index (κ1) is 21.9. The summed E-state index contributed by atoms with van der Waals surface area (Å²) >= 11 is 0. The molecule has 164 valence electrons. The van der Waals surface area contributed by atoms with Crippen LogP contribution in [0.1, 0.15) is 44.6 Å². The van der Waals surface area contributed by atoms with Gasteiger partial charge in [0.15, 0.2) is 11.2 Å². The zero-order chi connectivity index (χ0) is 22.4. The molecule has 0 amide bonds. The maximum absolute atomic E-state index is 12.5. The Morgan fingerprint density at radius 3 is 2.77 bits per heavy atom. The van der Waals surface area contributed by atoms with Gasteiger partial charge in [-0.1, -0.05) is 44.7 Å². The third-order valence-corrected chi connectivity index (χ3v) is 4.95. The van der Waals surface area contributed by atoms with Crippen molar-refractivity contribution in [3.05, 3.63) is 60.8 Å².